The van der Waals surface area contributed by atoms with Gasteiger partial charge in [0.25, 0.3) is 0 Å². The molecule has 1 aliphatic rings. The van der Waals surface area contributed by atoms with Gasteiger partial charge in [-0.2, -0.15) is 0 Å². The Morgan fingerprint density at radius 2 is 2.38 bits per heavy atom. The van der Waals surface area contributed by atoms with Crippen molar-refractivity contribution in [2.24, 2.45) is 4.72 Å². The molecule has 0 radical (unpaired) electrons. The van der Waals surface area contributed by atoms with E-state index in [-0.39, 0.29) is 15.4 Å². The molecule has 3 heteroatoms. The molecule has 0 aromatic rings. The quantitative estimate of drug-likeness (QED) is 0.498. The van der Waals surface area contributed by atoms with Crippen molar-refractivity contribution in [3.05, 3.63) is 0 Å². The Hall–Kier alpha value is 0.452. The highest BCUT2D eigenvalue weighted by Crippen LogP contribution is 2.09. The Bertz CT molecular complexity index is 63.4. The van der Waals surface area contributed by atoms with E-state index in [0.717, 1.165) is 6.61 Å². The van der Waals surface area contributed by atoms with Crippen LogP contribution in [-0.2, 0) is 4.74 Å². The third kappa shape index (κ3) is 1.76. The first-order chi connectivity index (χ1) is 3.93. The molecule has 2 nitrogen and oxygen atoms in total. The predicted molar refractivity (Wildman–Crippen MR) is 34.9 cm³/mol. The van der Waals surface area contributed by atoms with Crippen LogP contribution in [0.4, 0.5) is 0 Å². The molecule has 2 N–H and O–H groups in total. The summed E-state index contributed by atoms with van der Waals surface area (Å²) < 4.78 is 10.9. The Morgan fingerprint density at radius 1 is 1.50 bits per heavy atom. The van der Waals surface area contributed by atoms with Gasteiger partial charge < -0.3 is 9.45 Å². The topological polar surface area (TPSA) is 35.2 Å². The summed E-state index contributed by atoms with van der Waals surface area (Å²) >= 11 is -0.354. The van der Waals surface area contributed by atoms with Crippen molar-refractivity contribution in [3.63, 3.8) is 0 Å². The summed E-state index contributed by atoms with van der Waals surface area (Å²) in [7, 11) is 0. The van der Waals surface area contributed by atoms with E-state index in [4.69, 9.17) is 9.45 Å². The van der Waals surface area contributed by atoms with E-state index in [1.54, 1.807) is 0 Å². The fourth-order valence-corrected chi connectivity index (χ4v) is 1.82. The van der Waals surface area contributed by atoms with Gasteiger partial charge in [0.05, 0.1) is 0 Å². The van der Waals surface area contributed by atoms with Crippen molar-refractivity contribution in [2.75, 3.05) is 6.61 Å². The third-order valence-electron chi connectivity index (χ3n) is 1.54. The van der Waals surface area contributed by atoms with Crippen molar-refractivity contribution in [1.82, 2.24) is 0 Å². The van der Waals surface area contributed by atoms with E-state index in [1.165, 1.54) is 19.3 Å². The summed E-state index contributed by atoms with van der Waals surface area (Å²) in [5.74, 6) is 0. The molecule has 0 amide bonds. The lowest BCUT2D eigenvalue weighted by atomic mass is 10.2. The van der Waals surface area contributed by atoms with Crippen LogP contribution in [-0.4, -0.2) is 27.0 Å². The minimum atomic E-state index is -0.354. The Kier molecular flexibility index (Phi) is 2.85. The second-order valence-electron chi connectivity index (χ2n) is 2.22. The van der Waals surface area contributed by atoms with Crippen LogP contribution >= 0.6 is 0 Å². The van der Waals surface area contributed by atoms with Crippen molar-refractivity contribution >= 4 is 15.4 Å². The zero-order valence-electron chi connectivity index (χ0n) is 5.10. The smallest absolute Gasteiger partial charge is 0.379 e. The van der Waals surface area contributed by atoms with Crippen LogP contribution in [0.25, 0.3) is 0 Å². The first kappa shape index (κ1) is 6.57. The highest BCUT2D eigenvalue weighted by Gasteiger charge is 2.12. The third-order valence-corrected chi connectivity index (χ3v) is 2.71. The minimum absolute atomic E-state index is 0.354. The van der Waals surface area contributed by atoms with Crippen LogP contribution in [0, 0.1) is 0 Å². The molecule has 1 unspecified atom stereocenters. The maximum Gasteiger partial charge on any atom is 0.379 e. The number of hydrogen-bond donors (Lipinski definition) is 1. The predicted octanol–water partition coefficient (Wildman–Crippen LogP) is -0.177. The van der Waals surface area contributed by atoms with Gasteiger partial charge in [0.1, 0.15) is 0 Å². The maximum atomic E-state index is 5.52. The van der Waals surface area contributed by atoms with E-state index in [1.807, 2.05) is 0 Å². The standard InChI is InChI=1S/C5H9O.Al.H2N.H/c1-2-4-6-5-3-1;;;/h4H,1-3,5H2;;1H2;/q;+1;-1;. The minimum Gasteiger partial charge on any atom is -0.414 e. The van der Waals surface area contributed by atoms with E-state index in [2.05, 4.69) is 0 Å². The van der Waals surface area contributed by atoms with Crippen LogP contribution in [0.2, 0.25) is 0 Å². The monoisotopic (exact) mass is 129 g/mol. The molecule has 1 rings (SSSR count). The number of hydrogen-bond acceptors (Lipinski definition) is 2. The molecule has 1 fully saturated rings. The van der Waals surface area contributed by atoms with Crippen LogP contribution < -0.4 is 4.72 Å². The summed E-state index contributed by atoms with van der Waals surface area (Å²) in [6, 6.07) is 0. The lowest BCUT2D eigenvalue weighted by Gasteiger charge is -2.19. The average molecular weight is 129 g/mol. The fraction of sp³-hybridized carbons (Fsp3) is 1.00. The Balaban J connectivity index is 2.13. The Labute approximate surface area is 56.3 Å². The molecule has 0 bridgehead atoms. The van der Waals surface area contributed by atoms with Crippen LogP contribution in [0.3, 0.4) is 0 Å². The summed E-state index contributed by atoms with van der Waals surface area (Å²) in [4.78, 5) is 0.503. The summed E-state index contributed by atoms with van der Waals surface area (Å²) in [6.45, 7) is 0.953. The SMILES string of the molecule is [NH2][AlH][CH]1CCCCO1. The zero-order chi connectivity index (χ0) is 5.82. The number of rotatable bonds is 1. The maximum absolute atomic E-state index is 5.52. The van der Waals surface area contributed by atoms with Gasteiger partial charge >= 0.3 is 15.4 Å². The van der Waals surface area contributed by atoms with Crippen LogP contribution in [0.1, 0.15) is 19.3 Å². The van der Waals surface area contributed by atoms with Gasteiger partial charge in [0.15, 0.2) is 0 Å². The molecular formula is C5H12AlNO. The lowest BCUT2D eigenvalue weighted by Crippen LogP contribution is -2.30. The van der Waals surface area contributed by atoms with Gasteiger partial charge in [-0.05, 0) is 19.3 Å². The Morgan fingerprint density at radius 3 is 2.75 bits per heavy atom. The van der Waals surface area contributed by atoms with Gasteiger partial charge in [0, 0.05) is 11.6 Å². The molecule has 0 spiro atoms. The van der Waals surface area contributed by atoms with Crippen molar-refractivity contribution in [2.45, 2.75) is 24.2 Å². The fourth-order valence-electron chi connectivity index (χ4n) is 0.993. The van der Waals surface area contributed by atoms with Crippen molar-refractivity contribution in [1.29, 1.82) is 0 Å². The normalized spacial score (nSPS) is 29.9. The molecular weight excluding hydrogens is 117 g/mol. The second-order valence-corrected chi connectivity index (χ2v) is 3.61. The summed E-state index contributed by atoms with van der Waals surface area (Å²) in [5.41, 5.74) is 0. The van der Waals surface area contributed by atoms with Gasteiger partial charge in [-0.3, -0.25) is 0 Å². The van der Waals surface area contributed by atoms with Gasteiger partial charge in [-0.1, -0.05) is 0 Å². The molecule has 8 heavy (non-hydrogen) atoms. The van der Waals surface area contributed by atoms with Gasteiger partial charge in [-0.25, -0.2) is 0 Å². The first-order valence-electron chi connectivity index (χ1n) is 3.25. The zero-order valence-corrected chi connectivity index (χ0v) is 6.51. The molecule has 46 valence electrons. The molecule has 1 heterocycles. The van der Waals surface area contributed by atoms with Crippen LogP contribution in [0.15, 0.2) is 0 Å². The molecule has 1 atom stereocenters. The number of ether oxygens (including phenoxy) is 1. The van der Waals surface area contributed by atoms with Gasteiger partial charge in [0.2, 0.25) is 0 Å². The van der Waals surface area contributed by atoms with Crippen molar-refractivity contribution < 1.29 is 4.74 Å². The second kappa shape index (κ2) is 3.47. The number of nitrogens with two attached hydrogens (primary N) is 1. The average Bonchev–Trinajstić information content (AvgIpc) is 1.90. The summed E-state index contributed by atoms with van der Waals surface area (Å²) in [5, 5.41) is 0. The molecule has 0 saturated carbocycles. The van der Waals surface area contributed by atoms with Crippen molar-refractivity contribution in [3.8, 4) is 0 Å². The van der Waals surface area contributed by atoms with E-state index >= 15 is 0 Å². The highest BCUT2D eigenvalue weighted by atomic mass is 27.1. The largest absolute Gasteiger partial charge is 0.414 e. The summed E-state index contributed by atoms with van der Waals surface area (Å²) in [6.07, 6.45) is 3.79. The molecule has 0 aromatic heterocycles. The van der Waals surface area contributed by atoms with E-state index < -0.39 is 0 Å². The highest BCUT2D eigenvalue weighted by molar-refractivity contribution is 6.32. The first-order valence-corrected chi connectivity index (χ1v) is 4.88. The molecule has 1 saturated heterocycles. The van der Waals surface area contributed by atoms with Crippen LogP contribution in [0.5, 0.6) is 0 Å². The van der Waals surface area contributed by atoms with Gasteiger partial charge in [-0.15, -0.1) is 0 Å². The molecule has 0 aliphatic carbocycles. The van der Waals surface area contributed by atoms with E-state index in [9.17, 15) is 0 Å². The lowest BCUT2D eigenvalue weighted by molar-refractivity contribution is 0.0650. The van der Waals surface area contributed by atoms with E-state index in [0.29, 0.717) is 4.97 Å². The molecule has 1 aliphatic heterocycles. The molecule has 0 aromatic carbocycles.